The number of para-hydroxylation sites is 2. The minimum absolute atomic E-state index is 0.164. The van der Waals surface area contributed by atoms with Crippen molar-refractivity contribution in [1.29, 1.82) is 0 Å². The number of rotatable bonds is 6. The zero-order chi connectivity index (χ0) is 19.4. The number of amides is 1. The van der Waals surface area contributed by atoms with E-state index in [9.17, 15) is 18.0 Å². The molecule has 0 unspecified atom stereocenters. The van der Waals surface area contributed by atoms with Gasteiger partial charge >= 0.3 is 6.18 Å². The highest BCUT2D eigenvalue weighted by Crippen LogP contribution is 2.16. The first-order valence-corrected chi connectivity index (χ1v) is 8.24. The second-order valence-electron chi connectivity index (χ2n) is 6.17. The summed E-state index contributed by atoms with van der Waals surface area (Å²) in [5.41, 5.74) is 2.73. The van der Waals surface area contributed by atoms with Crippen LogP contribution < -0.4 is 0 Å². The summed E-state index contributed by atoms with van der Waals surface area (Å²) in [4.78, 5) is 21.6. The second kappa shape index (κ2) is 7.79. The molecule has 0 aliphatic rings. The third-order valence-corrected chi connectivity index (χ3v) is 3.91. The average Bonchev–Trinajstić information content (AvgIpc) is 3.03. The Balaban J connectivity index is 1.59. The van der Waals surface area contributed by atoms with Crippen LogP contribution in [-0.2, 0) is 17.9 Å². The van der Waals surface area contributed by atoms with Gasteiger partial charge in [0.15, 0.2) is 0 Å². The van der Waals surface area contributed by atoms with Crippen molar-refractivity contribution < 1.29 is 22.7 Å². The molecule has 2 aromatic carbocycles. The summed E-state index contributed by atoms with van der Waals surface area (Å²) < 4.78 is 40.9. The van der Waals surface area contributed by atoms with Crippen LogP contribution in [0.1, 0.15) is 21.7 Å². The van der Waals surface area contributed by atoms with Crippen molar-refractivity contribution in [3.05, 3.63) is 65.5 Å². The maximum Gasteiger partial charge on any atom is 0.411 e. The lowest BCUT2D eigenvalue weighted by molar-refractivity contribution is -0.176. The molecular weight excluding hydrogens is 359 g/mol. The molecule has 0 aliphatic heterocycles. The van der Waals surface area contributed by atoms with Gasteiger partial charge in [0.2, 0.25) is 0 Å². The fourth-order valence-corrected chi connectivity index (χ4v) is 2.63. The summed E-state index contributed by atoms with van der Waals surface area (Å²) in [5, 5.41) is 0. The predicted octanol–water partition coefficient (Wildman–Crippen LogP) is 3.91. The van der Waals surface area contributed by atoms with Gasteiger partial charge in [-0.3, -0.25) is 4.79 Å². The van der Waals surface area contributed by atoms with E-state index >= 15 is 0 Å². The maximum absolute atomic E-state index is 12.5. The second-order valence-corrected chi connectivity index (χ2v) is 6.17. The van der Waals surface area contributed by atoms with Gasteiger partial charge in [-0.1, -0.05) is 24.3 Å². The van der Waals surface area contributed by atoms with Gasteiger partial charge in [-0.05, 0) is 29.8 Å². The first kappa shape index (κ1) is 18.9. The van der Waals surface area contributed by atoms with E-state index < -0.39 is 12.8 Å². The van der Waals surface area contributed by atoms with Crippen LogP contribution in [0.25, 0.3) is 11.0 Å². The Morgan fingerprint density at radius 3 is 2.52 bits per heavy atom. The normalized spacial score (nSPS) is 11.7. The fraction of sp³-hybridized carbons (Fsp3) is 0.263. The minimum atomic E-state index is -4.35. The number of nitrogens with zero attached hydrogens (tertiary/aromatic N) is 2. The van der Waals surface area contributed by atoms with Crippen molar-refractivity contribution in [2.75, 3.05) is 13.7 Å². The van der Waals surface area contributed by atoms with Crippen LogP contribution >= 0.6 is 0 Å². The van der Waals surface area contributed by atoms with E-state index in [1.54, 1.807) is 31.3 Å². The number of aromatic amines is 1. The molecule has 3 aromatic rings. The number of ether oxygens (including phenoxy) is 1. The van der Waals surface area contributed by atoms with Crippen molar-refractivity contribution in [3.63, 3.8) is 0 Å². The average molecular weight is 377 g/mol. The molecule has 8 heteroatoms. The fourth-order valence-electron chi connectivity index (χ4n) is 2.63. The highest BCUT2D eigenvalue weighted by molar-refractivity contribution is 5.94. The van der Waals surface area contributed by atoms with Crippen LogP contribution in [-0.4, -0.2) is 40.6 Å². The Labute approximate surface area is 153 Å². The Morgan fingerprint density at radius 1 is 1.15 bits per heavy atom. The summed E-state index contributed by atoms with van der Waals surface area (Å²) in [6, 6.07) is 13.9. The van der Waals surface area contributed by atoms with Crippen molar-refractivity contribution >= 4 is 16.9 Å². The summed E-state index contributed by atoms with van der Waals surface area (Å²) in [6.07, 6.45) is -4.35. The van der Waals surface area contributed by atoms with E-state index in [0.717, 1.165) is 11.0 Å². The molecule has 1 heterocycles. The summed E-state index contributed by atoms with van der Waals surface area (Å²) in [5.74, 6) is 0.461. The molecular formula is C19H18F3N3O2. The number of fused-ring (bicyclic) bond motifs is 1. The third kappa shape index (κ3) is 5.07. The molecule has 0 radical (unpaired) electrons. The standard InChI is InChI=1S/C19H18F3N3O2/c1-25(10-17-23-15-4-2-3-5-16(15)24-17)18(26)14-8-6-13(7-9-14)11-27-12-19(20,21)22/h2-9H,10-12H2,1H3,(H,23,24). The van der Waals surface area contributed by atoms with Crippen molar-refractivity contribution in [2.45, 2.75) is 19.3 Å². The lowest BCUT2D eigenvalue weighted by atomic mass is 10.1. The molecule has 142 valence electrons. The summed E-state index contributed by atoms with van der Waals surface area (Å²) in [6.45, 7) is -1.15. The summed E-state index contributed by atoms with van der Waals surface area (Å²) in [7, 11) is 1.66. The number of H-pyrrole nitrogens is 1. The monoisotopic (exact) mass is 377 g/mol. The number of aromatic nitrogens is 2. The molecule has 0 saturated carbocycles. The topological polar surface area (TPSA) is 58.2 Å². The molecule has 1 amide bonds. The van der Waals surface area contributed by atoms with Crippen LogP contribution in [0, 0.1) is 0 Å². The van der Waals surface area contributed by atoms with Gasteiger partial charge in [-0.15, -0.1) is 0 Å². The van der Waals surface area contributed by atoms with Crippen molar-refractivity contribution in [1.82, 2.24) is 14.9 Å². The molecule has 0 bridgehead atoms. The van der Waals surface area contributed by atoms with E-state index in [-0.39, 0.29) is 12.5 Å². The molecule has 5 nitrogen and oxygen atoms in total. The van der Waals surface area contributed by atoms with Gasteiger partial charge in [0.1, 0.15) is 12.4 Å². The number of carbonyl (C=O) groups is 1. The van der Waals surface area contributed by atoms with E-state index in [4.69, 9.17) is 0 Å². The van der Waals surface area contributed by atoms with Crippen LogP contribution in [0.3, 0.4) is 0 Å². The van der Waals surface area contributed by atoms with Gasteiger partial charge in [0.05, 0.1) is 24.2 Å². The Hall–Kier alpha value is -2.87. The smallest absolute Gasteiger partial charge is 0.367 e. The Kier molecular flexibility index (Phi) is 5.46. The quantitative estimate of drug-likeness (QED) is 0.709. The van der Waals surface area contributed by atoms with Gasteiger partial charge in [0.25, 0.3) is 5.91 Å². The van der Waals surface area contributed by atoms with Gasteiger partial charge in [-0.25, -0.2) is 4.98 Å². The van der Waals surface area contributed by atoms with E-state index in [1.165, 1.54) is 4.90 Å². The SMILES string of the molecule is CN(Cc1nc2ccccc2[nH]1)C(=O)c1ccc(COCC(F)(F)F)cc1. The largest absolute Gasteiger partial charge is 0.411 e. The lowest BCUT2D eigenvalue weighted by Gasteiger charge is -2.16. The highest BCUT2D eigenvalue weighted by Gasteiger charge is 2.27. The van der Waals surface area contributed by atoms with E-state index in [0.29, 0.717) is 23.5 Å². The number of benzene rings is 2. The number of hydrogen-bond acceptors (Lipinski definition) is 3. The molecule has 3 rings (SSSR count). The van der Waals surface area contributed by atoms with Crippen LogP contribution in [0.15, 0.2) is 48.5 Å². The highest BCUT2D eigenvalue weighted by atomic mass is 19.4. The maximum atomic E-state index is 12.5. The number of alkyl halides is 3. The molecule has 27 heavy (non-hydrogen) atoms. The molecule has 1 aromatic heterocycles. The zero-order valence-corrected chi connectivity index (χ0v) is 14.6. The summed E-state index contributed by atoms with van der Waals surface area (Å²) >= 11 is 0. The van der Waals surface area contributed by atoms with Crippen LogP contribution in [0.4, 0.5) is 13.2 Å². The molecule has 1 N–H and O–H groups in total. The minimum Gasteiger partial charge on any atom is -0.367 e. The zero-order valence-electron chi connectivity index (χ0n) is 14.6. The van der Waals surface area contributed by atoms with Gasteiger partial charge in [-0.2, -0.15) is 13.2 Å². The molecule has 0 atom stereocenters. The van der Waals surface area contributed by atoms with E-state index in [2.05, 4.69) is 14.7 Å². The van der Waals surface area contributed by atoms with Crippen LogP contribution in [0.5, 0.6) is 0 Å². The number of carbonyl (C=O) groups excluding carboxylic acids is 1. The molecule has 0 aliphatic carbocycles. The van der Waals surface area contributed by atoms with E-state index in [1.807, 2.05) is 24.3 Å². The van der Waals surface area contributed by atoms with Gasteiger partial charge in [0, 0.05) is 12.6 Å². The number of imidazole rings is 1. The lowest BCUT2D eigenvalue weighted by Crippen LogP contribution is -2.26. The van der Waals surface area contributed by atoms with Crippen LogP contribution in [0.2, 0.25) is 0 Å². The first-order valence-electron chi connectivity index (χ1n) is 8.24. The van der Waals surface area contributed by atoms with Crippen molar-refractivity contribution in [2.24, 2.45) is 0 Å². The Bertz CT molecular complexity index is 887. The number of nitrogens with one attached hydrogen (secondary N) is 1. The van der Waals surface area contributed by atoms with Crippen molar-refractivity contribution in [3.8, 4) is 0 Å². The Morgan fingerprint density at radius 2 is 1.85 bits per heavy atom. The number of hydrogen-bond donors (Lipinski definition) is 1. The first-order chi connectivity index (χ1) is 12.8. The third-order valence-electron chi connectivity index (χ3n) is 3.91. The predicted molar refractivity (Wildman–Crippen MR) is 94.0 cm³/mol. The molecule has 0 fully saturated rings. The molecule has 0 saturated heterocycles. The molecule has 0 spiro atoms. The number of halogens is 3. The van der Waals surface area contributed by atoms with Gasteiger partial charge < -0.3 is 14.6 Å².